The molecule has 1 saturated heterocycles. The summed E-state index contributed by atoms with van der Waals surface area (Å²) in [6, 6.07) is 8.11. The highest BCUT2D eigenvalue weighted by atomic mass is 16.5. The molecule has 1 unspecified atom stereocenters. The van der Waals surface area contributed by atoms with Crippen LogP contribution in [0.2, 0.25) is 0 Å². The van der Waals surface area contributed by atoms with E-state index >= 15 is 0 Å². The predicted octanol–water partition coefficient (Wildman–Crippen LogP) is 2.35. The lowest BCUT2D eigenvalue weighted by atomic mass is 10.1. The average molecular weight is 328 g/mol. The molecule has 1 amide bonds. The molecule has 0 saturated carbocycles. The van der Waals surface area contributed by atoms with Gasteiger partial charge in [-0.15, -0.1) is 0 Å². The van der Waals surface area contributed by atoms with Gasteiger partial charge in [0.25, 0.3) is 0 Å². The largest absolute Gasteiger partial charge is 0.347 e. The van der Waals surface area contributed by atoms with Gasteiger partial charge in [-0.25, -0.2) is 0 Å². The second kappa shape index (κ2) is 7.13. The lowest BCUT2D eigenvalue weighted by Gasteiger charge is -2.24. The Morgan fingerprint density at radius 1 is 1.33 bits per heavy atom. The third-order valence-electron chi connectivity index (χ3n) is 4.52. The molecule has 1 fully saturated rings. The highest BCUT2D eigenvalue weighted by molar-refractivity contribution is 5.81. The summed E-state index contributed by atoms with van der Waals surface area (Å²) in [4.78, 5) is 20.5. The molecule has 0 N–H and O–H groups in total. The molecule has 2 heterocycles. The lowest BCUT2D eigenvalue weighted by Crippen LogP contribution is -2.42. The molecule has 3 rings (SSSR count). The van der Waals surface area contributed by atoms with Crippen molar-refractivity contribution in [3.63, 3.8) is 0 Å². The first kappa shape index (κ1) is 16.6. The van der Waals surface area contributed by atoms with Crippen molar-refractivity contribution >= 4 is 5.91 Å². The number of hydrogen-bond acceptors (Lipinski definition) is 5. The average Bonchev–Trinajstić information content (AvgIpc) is 3.24. The summed E-state index contributed by atoms with van der Waals surface area (Å²) < 4.78 is 5.40. The van der Waals surface area contributed by atoms with E-state index in [0.717, 1.165) is 31.4 Å². The van der Waals surface area contributed by atoms with E-state index in [1.54, 1.807) is 19.0 Å². The second-order valence-corrected chi connectivity index (χ2v) is 6.42. The van der Waals surface area contributed by atoms with Gasteiger partial charge in [0.1, 0.15) is 0 Å². The number of amides is 1. The molecule has 128 valence electrons. The van der Waals surface area contributed by atoms with Gasteiger partial charge < -0.3 is 9.42 Å². The molecule has 24 heavy (non-hydrogen) atoms. The first-order chi connectivity index (χ1) is 11.6. The Morgan fingerprint density at radius 3 is 2.75 bits per heavy atom. The SMILES string of the molecule is CCc1ccc(-c2noc(CN3CCCC3C(=O)N(C)C)n2)cc1. The fourth-order valence-corrected chi connectivity index (χ4v) is 3.09. The van der Waals surface area contributed by atoms with Crippen LogP contribution in [0.3, 0.4) is 0 Å². The zero-order valence-electron chi connectivity index (χ0n) is 14.5. The van der Waals surface area contributed by atoms with E-state index in [9.17, 15) is 4.79 Å². The minimum atomic E-state index is -0.0841. The number of aryl methyl sites for hydroxylation is 1. The van der Waals surface area contributed by atoms with E-state index in [2.05, 4.69) is 34.1 Å². The Hall–Kier alpha value is -2.21. The molecule has 1 aromatic carbocycles. The van der Waals surface area contributed by atoms with Crippen LogP contribution < -0.4 is 0 Å². The van der Waals surface area contributed by atoms with Crippen molar-refractivity contribution in [3.8, 4) is 11.4 Å². The van der Waals surface area contributed by atoms with Gasteiger partial charge in [0, 0.05) is 19.7 Å². The van der Waals surface area contributed by atoms with E-state index in [1.165, 1.54) is 5.56 Å². The summed E-state index contributed by atoms with van der Waals surface area (Å²) in [6.45, 7) is 3.53. The van der Waals surface area contributed by atoms with Crippen molar-refractivity contribution in [3.05, 3.63) is 35.7 Å². The van der Waals surface area contributed by atoms with Crippen molar-refractivity contribution < 1.29 is 9.32 Å². The van der Waals surface area contributed by atoms with Crippen molar-refractivity contribution in [1.29, 1.82) is 0 Å². The van der Waals surface area contributed by atoms with Crippen LogP contribution in [0.4, 0.5) is 0 Å². The summed E-state index contributed by atoms with van der Waals surface area (Å²) in [6.07, 6.45) is 2.91. The molecular weight excluding hydrogens is 304 g/mol. The number of benzene rings is 1. The van der Waals surface area contributed by atoms with Gasteiger partial charge in [0.15, 0.2) is 0 Å². The number of hydrogen-bond donors (Lipinski definition) is 0. The van der Waals surface area contributed by atoms with Gasteiger partial charge in [-0.2, -0.15) is 4.98 Å². The highest BCUT2D eigenvalue weighted by Gasteiger charge is 2.32. The topological polar surface area (TPSA) is 62.5 Å². The number of nitrogens with zero attached hydrogens (tertiary/aromatic N) is 4. The van der Waals surface area contributed by atoms with Crippen LogP contribution in [0.1, 0.15) is 31.2 Å². The van der Waals surface area contributed by atoms with Crippen LogP contribution in [0.15, 0.2) is 28.8 Å². The van der Waals surface area contributed by atoms with Crippen LogP contribution in [0.25, 0.3) is 11.4 Å². The summed E-state index contributed by atoms with van der Waals surface area (Å²) >= 11 is 0. The van der Waals surface area contributed by atoms with Gasteiger partial charge in [-0.05, 0) is 31.4 Å². The number of carbonyl (C=O) groups is 1. The summed E-state index contributed by atoms with van der Waals surface area (Å²) in [7, 11) is 3.59. The number of rotatable bonds is 5. The summed E-state index contributed by atoms with van der Waals surface area (Å²) in [5.74, 6) is 1.30. The molecule has 6 nitrogen and oxygen atoms in total. The Balaban J connectivity index is 1.70. The maximum atomic E-state index is 12.3. The molecule has 1 atom stereocenters. The quantitative estimate of drug-likeness (QED) is 0.843. The predicted molar refractivity (Wildman–Crippen MR) is 91.2 cm³/mol. The lowest BCUT2D eigenvalue weighted by molar-refractivity contribution is -0.133. The fraction of sp³-hybridized carbons (Fsp3) is 0.500. The Kier molecular flexibility index (Phi) is 4.94. The van der Waals surface area contributed by atoms with Crippen LogP contribution in [-0.2, 0) is 17.8 Å². The molecule has 1 aliphatic heterocycles. The third-order valence-corrected chi connectivity index (χ3v) is 4.52. The molecule has 1 aliphatic rings. The van der Waals surface area contributed by atoms with Gasteiger partial charge in [0.2, 0.25) is 17.6 Å². The molecule has 0 bridgehead atoms. The Morgan fingerprint density at radius 2 is 2.08 bits per heavy atom. The highest BCUT2D eigenvalue weighted by Crippen LogP contribution is 2.22. The number of carbonyl (C=O) groups excluding carboxylic acids is 1. The maximum Gasteiger partial charge on any atom is 0.241 e. The van der Waals surface area contributed by atoms with Crippen LogP contribution in [-0.4, -0.2) is 52.5 Å². The standard InChI is InChI=1S/C18H24N4O2/c1-4-13-7-9-14(10-8-13)17-19-16(24-20-17)12-22-11-5-6-15(22)18(23)21(2)3/h7-10,15H,4-6,11-12H2,1-3H3. The third kappa shape index (κ3) is 3.48. The molecule has 6 heteroatoms. The monoisotopic (exact) mass is 328 g/mol. The van der Waals surface area contributed by atoms with E-state index in [1.807, 2.05) is 12.1 Å². The van der Waals surface area contributed by atoms with Gasteiger partial charge in [0.05, 0.1) is 12.6 Å². The minimum Gasteiger partial charge on any atom is -0.347 e. The molecule has 2 aromatic rings. The Labute approximate surface area is 142 Å². The molecule has 0 radical (unpaired) electrons. The molecular formula is C18H24N4O2. The normalized spacial score (nSPS) is 18.0. The maximum absolute atomic E-state index is 12.3. The van der Waals surface area contributed by atoms with E-state index in [4.69, 9.17) is 4.52 Å². The smallest absolute Gasteiger partial charge is 0.241 e. The first-order valence-corrected chi connectivity index (χ1v) is 8.45. The van der Waals surface area contributed by atoms with Crippen molar-refractivity contribution in [2.45, 2.75) is 38.8 Å². The van der Waals surface area contributed by atoms with E-state index in [-0.39, 0.29) is 11.9 Å². The van der Waals surface area contributed by atoms with Crippen LogP contribution in [0, 0.1) is 0 Å². The number of likely N-dealkylation sites (tertiary alicyclic amines) is 1. The van der Waals surface area contributed by atoms with Gasteiger partial charge in [-0.3, -0.25) is 9.69 Å². The zero-order chi connectivity index (χ0) is 17.1. The van der Waals surface area contributed by atoms with Crippen molar-refractivity contribution in [2.75, 3.05) is 20.6 Å². The summed E-state index contributed by atoms with van der Waals surface area (Å²) in [5, 5.41) is 4.08. The number of likely N-dealkylation sites (N-methyl/N-ethyl adjacent to an activating group) is 1. The van der Waals surface area contributed by atoms with E-state index in [0.29, 0.717) is 18.3 Å². The minimum absolute atomic E-state index is 0.0841. The molecule has 0 aliphatic carbocycles. The van der Waals surface area contributed by atoms with Crippen LogP contribution in [0.5, 0.6) is 0 Å². The Bertz CT molecular complexity index is 693. The van der Waals surface area contributed by atoms with Crippen molar-refractivity contribution in [2.24, 2.45) is 0 Å². The number of aromatic nitrogens is 2. The molecule has 1 aromatic heterocycles. The fourth-order valence-electron chi connectivity index (χ4n) is 3.09. The van der Waals surface area contributed by atoms with E-state index < -0.39 is 0 Å². The van der Waals surface area contributed by atoms with Crippen molar-refractivity contribution in [1.82, 2.24) is 19.9 Å². The first-order valence-electron chi connectivity index (χ1n) is 8.45. The summed E-state index contributed by atoms with van der Waals surface area (Å²) in [5.41, 5.74) is 2.23. The molecule has 0 spiro atoms. The van der Waals surface area contributed by atoms with Gasteiger partial charge in [-0.1, -0.05) is 36.3 Å². The van der Waals surface area contributed by atoms with Crippen LogP contribution >= 0.6 is 0 Å². The van der Waals surface area contributed by atoms with Gasteiger partial charge >= 0.3 is 0 Å². The zero-order valence-corrected chi connectivity index (χ0v) is 14.5. The second-order valence-electron chi connectivity index (χ2n) is 6.42.